The number of cyclic esters (lactones) is 1. The van der Waals surface area contributed by atoms with Crippen LogP contribution < -0.4 is 24.8 Å². The Kier molecular flexibility index (Phi) is 9.08. The molecule has 2 aliphatic rings. The number of carbonyl (C=O) groups is 3. The minimum absolute atomic E-state index is 0.0823. The van der Waals surface area contributed by atoms with Gasteiger partial charge in [0.15, 0.2) is 11.5 Å². The van der Waals surface area contributed by atoms with Gasteiger partial charge in [0, 0.05) is 17.1 Å². The van der Waals surface area contributed by atoms with E-state index in [4.69, 9.17) is 18.9 Å². The Morgan fingerprint density at radius 1 is 0.902 bits per heavy atom. The van der Waals surface area contributed by atoms with Gasteiger partial charge < -0.3 is 34.5 Å². The second-order valence-electron chi connectivity index (χ2n) is 11.9. The van der Waals surface area contributed by atoms with Crippen molar-refractivity contribution in [1.29, 1.82) is 0 Å². The highest BCUT2D eigenvalue weighted by atomic mass is 16.6. The molecule has 4 amide bonds. The van der Waals surface area contributed by atoms with Crippen molar-refractivity contribution in [3.05, 3.63) is 109 Å². The van der Waals surface area contributed by atoms with Crippen LogP contribution in [0.25, 0.3) is 22.0 Å². The zero-order chi connectivity index (χ0) is 35.5. The fourth-order valence-electron chi connectivity index (χ4n) is 6.06. The van der Waals surface area contributed by atoms with Gasteiger partial charge in [-0.25, -0.2) is 24.5 Å². The van der Waals surface area contributed by atoms with E-state index in [-0.39, 0.29) is 18.6 Å². The molecule has 5 aromatic rings. The normalized spacial score (nSPS) is 15.5. The van der Waals surface area contributed by atoms with Gasteiger partial charge >= 0.3 is 12.1 Å². The fourth-order valence-corrected chi connectivity index (χ4v) is 6.06. The number of aromatic nitrogens is 2. The summed E-state index contributed by atoms with van der Waals surface area (Å²) in [6, 6.07) is 24.7. The van der Waals surface area contributed by atoms with Gasteiger partial charge in [0.2, 0.25) is 5.91 Å². The topological polar surface area (TPSA) is 144 Å². The van der Waals surface area contributed by atoms with Crippen LogP contribution in [0.15, 0.2) is 104 Å². The van der Waals surface area contributed by atoms with Gasteiger partial charge in [-0.2, -0.15) is 0 Å². The number of hydrogen-bond donors (Lipinski definition) is 2. The lowest BCUT2D eigenvalue weighted by Crippen LogP contribution is -2.55. The number of fused-ring (bicyclic) bond motifs is 1. The minimum atomic E-state index is -0.701. The molecule has 4 aromatic carbocycles. The molecule has 258 valence electrons. The number of likely N-dealkylation sites (tertiary alicyclic amines) is 1. The quantitative estimate of drug-likeness (QED) is 0.155. The number of methoxy groups -OCH3 is 2. The molecule has 1 unspecified atom stereocenters. The van der Waals surface area contributed by atoms with Gasteiger partial charge in [-0.1, -0.05) is 55.1 Å². The SMILES string of the molecule is C=CC(=O)N1CC(Oc2cc3c(Nc4cc(-c5cccc(NC(=O)N6C(=O)OCC6c6ccccc6)c5)ccc4OC)ncnc3cc2OC)C1. The Bertz CT molecular complexity index is 2140. The number of benzene rings is 4. The molecule has 2 N–H and O–H groups in total. The molecule has 0 bridgehead atoms. The van der Waals surface area contributed by atoms with Crippen LogP contribution in [0.5, 0.6) is 17.2 Å². The highest BCUT2D eigenvalue weighted by Gasteiger charge is 2.39. The molecular formula is C38H34N6O7. The smallest absolute Gasteiger partial charge is 0.418 e. The van der Waals surface area contributed by atoms with E-state index in [9.17, 15) is 14.4 Å². The molecule has 51 heavy (non-hydrogen) atoms. The van der Waals surface area contributed by atoms with E-state index in [2.05, 4.69) is 27.2 Å². The summed E-state index contributed by atoms with van der Waals surface area (Å²) < 4.78 is 22.7. The summed E-state index contributed by atoms with van der Waals surface area (Å²) in [5.74, 6) is 1.94. The van der Waals surface area contributed by atoms with Gasteiger partial charge in [0.25, 0.3) is 0 Å². The maximum Gasteiger partial charge on any atom is 0.418 e. The number of hydrogen-bond acceptors (Lipinski definition) is 10. The van der Waals surface area contributed by atoms with Gasteiger partial charge in [0.1, 0.15) is 36.6 Å². The zero-order valence-corrected chi connectivity index (χ0v) is 27.9. The first-order valence-corrected chi connectivity index (χ1v) is 16.1. The van der Waals surface area contributed by atoms with Gasteiger partial charge in [-0.3, -0.25) is 4.79 Å². The second kappa shape index (κ2) is 14.1. The standard InChI is InChI=1S/C38H34N6O7/c1-4-35(45)43-19-27(20-43)51-34-17-28-29(18-33(34)49-3)39-22-40-36(28)42-30-16-25(13-14-32(30)48-2)24-11-8-12-26(15-24)41-37(46)44-31(21-50-38(44)47)23-9-6-5-7-10-23/h4-18,22,27,31H,1,19-21H2,2-3H3,(H,41,46)(H,39,40,42). The molecule has 2 saturated heterocycles. The van der Waals surface area contributed by atoms with E-state index in [1.54, 1.807) is 31.3 Å². The van der Waals surface area contributed by atoms with Crippen molar-refractivity contribution in [3.8, 4) is 28.4 Å². The van der Waals surface area contributed by atoms with E-state index in [1.807, 2.05) is 72.8 Å². The molecule has 0 spiro atoms. The molecule has 2 aliphatic heterocycles. The molecule has 13 heteroatoms. The first-order valence-electron chi connectivity index (χ1n) is 16.1. The van der Waals surface area contributed by atoms with Crippen molar-refractivity contribution in [3.63, 3.8) is 0 Å². The number of rotatable bonds is 10. The van der Waals surface area contributed by atoms with Crippen LogP contribution in [0, 0.1) is 0 Å². The Morgan fingerprint density at radius 3 is 2.45 bits per heavy atom. The van der Waals surface area contributed by atoms with E-state index < -0.39 is 18.2 Å². The van der Waals surface area contributed by atoms with Crippen LogP contribution in [0.1, 0.15) is 11.6 Å². The fraction of sp³-hybridized carbons (Fsp3) is 0.184. The van der Waals surface area contributed by atoms with Crippen molar-refractivity contribution >= 4 is 46.1 Å². The maximum absolute atomic E-state index is 13.3. The lowest BCUT2D eigenvalue weighted by Gasteiger charge is -2.38. The van der Waals surface area contributed by atoms with Crippen LogP contribution in [-0.4, -0.2) is 77.8 Å². The van der Waals surface area contributed by atoms with Crippen LogP contribution >= 0.6 is 0 Å². The molecule has 1 atom stereocenters. The summed E-state index contributed by atoms with van der Waals surface area (Å²) >= 11 is 0. The number of anilines is 3. The molecule has 2 fully saturated rings. The number of nitrogens with zero attached hydrogens (tertiary/aromatic N) is 4. The maximum atomic E-state index is 13.3. The molecule has 3 heterocycles. The largest absolute Gasteiger partial charge is 0.495 e. The number of amides is 4. The van der Waals surface area contributed by atoms with Crippen molar-refractivity contribution < 1.29 is 33.3 Å². The third kappa shape index (κ3) is 6.69. The summed E-state index contributed by atoms with van der Waals surface area (Å²) in [4.78, 5) is 49.5. The lowest BCUT2D eigenvalue weighted by atomic mass is 10.0. The number of nitrogens with one attached hydrogen (secondary N) is 2. The lowest BCUT2D eigenvalue weighted by molar-refractivity contribution is -0.134. The summed E-state index contributed by atoms with van der Waals surface area (Å²) in [6.07, 6.45) is 1.84. The van der Waals surface area contributed by atoms with E-state index in [0.29, 0.717) is 58.4 Å². The third-order valence-electron chi connectivity index (χ3n) is 8.72. The Labute approximate surface area is 293 Å². The first-order chi connectivity index (χ1) is 24.8. The van der Waals surface area contributed by atoms with Crippen molar-refractivity contribution in [2.24, 2.45) is 0 Å². The average molecular weight is 687 g/mol. The van der Waals surface area contributed by atoms with Gasteiger partial charge in [-0.15, -0.1) is 0 Å². The molecular weight excluding hydrogens is 652 g/mol. The summed E-state index contributed by atoms with van der Waals surface area (Å²) in [5.41, 5.74) is 4.19. The zero-order valence-electron chi connectivity index (χ0n) is 27.9. The number of imide groups is 1. The molecule has 7 rings (SSSR count). The van der Waals surface area contributed by atoms with E-state index in [0.717, 1.165) is 21.6 Å². The molecule has 1 aromatic heterocycles. The van der Waals surface area contributed by atoms with Crippen LogP contribution in [0.4, 0.5) is 26.8 Å². The average Bonchev–Trinajstić information content (AvgIpc) is 3.54. The molecule has 0 aliphatic carbocycles. The van der Waals surface area contributed by atoms with E-state index in [1.165, 1.54) is 12.4 Å². The van der Waals surface area contributed by atoms with Gasteiger partial charge in [0.05, 0.1) is 38.5 Å². The summed E-state index contributed by atoms with van der Waals surface area (Å²) in [5, 5.41) is 6.93. The highest BCUT2D eigenvalue weighted by Crippen LogP contribution is 2.39. The predicted molar refractivity (Wildman–Crippen MR) is 190 cm³/mol. The predicted octanol–water partition coefficient (Wildman–Crippen LogP) is 6.56. The second-order valence-corrected chi connectivity index (χ2v) is 11.9. The van der Waals surface area contributed by atoms with Gasteiger partial charge in [-0.05, 0) is 53.1 Å². The molecule has 0 saturated carbocycles. The van der Waals surface area contributed by atoms with Crippen LogP contribution in [-0.2, 0) is 9.53 Å². The summed E-state index contributed by atoms with van der Waals surface area (Å²) in [7, 11) is 3.14. The minimum Gasteiger partial charge on any atom is -0.495 e. The summed E-state index contributed by atoms with van der Waals surface area (Å²) in [6.45, 7) is 4.51. The Morgan fingerprint density at radius 2 is 1.69 bits per heavy atom. The van der Waals surface area contributed by atoms with Crippen molar-refractivity contribution in [2.45, 2.75) is 12.1 Å². The van der Waals surface area contributed by atoms with Crippen molar-refractivity contribution in [1.82, 2.24) is 19.8 Å². The Balaban J connectivity index is 1.13. The Hall–Kier alpha value is -6.63. The van der Waals surface area contributed by atoms with Crippen LogP contribution in [0.3, 0.4) is 0 Å². The third-order valence-corrected chi connectivity index (χ3v) is 8.72. The number of urea groups is 1. The molecule has 0 radical (unpaired) electrons. The monoisotopic (exact) mass is 686 g/mol. The first kappa shape index (κ1) is 32.9. The number of carbonyl (C=O) groups excluding carboxylic acids is 3. The van der Waals surface area contributed by atoms with E-state index >= 15 is 0 Å². The number of ether oxygens (including phenoxy) is 4. The van der Waals surface area contributed by atoms with Crippen molar-refractivity contribution in [2.75, 3.05) is 44.5 Å². The highest BCUT2D eigenvalue weighted by molar-refractivity contribution is 6.01. The van der Waals surface area contributed by atoms with Crippen LogP contribution in [0.2, 0.25) is 0 Å². The molecule has 13 nitrogen and oxygen atoms in total.